The van der Waals surface area contributed by atoms with Crippen molar-refractivity contribution in [2.75, 3.05) is 6.61 Å². The Kier molecular flexibility index (Phi) is 6.51. The summed E-state index contributed by atoms with van der Waals surface area (Å²) in [5.41, 5.74) is -1.12. The molecule has 1 aliphatic heterocycles. The van der Waals surface area contributed by atoms with E-state index in [1.54, 1.807) is 0 Å². The summed E-state index contributed by atoms with van der Waals surface area (Å²) in [7, 11) is -2.83. The number of aromatic amines is 1. The van der Waals surface area contributed by atoms with Crippen molar-refractivity contribution in [3.8, 4) is 0 Å². The first-order valence-electron chi connectivity index (χ1n) is 11.1. The Bertz CT molecular complexity index is 1150. The number of alkyl halides is 1. The molecule has 0 aliphatic carbocycles. The minimum absolute atomic E-state index is 0.0146. The van der Waals surface area contributed by atoms with Gasteiger partial charge in [0.1, 0.15) is 18.5 Å². The number of hydrogen-bond acceptors (Lipinski definition) is 4. The van der Waals surface area contributed by atoms with Crippen molar-refractivity contribution < 1.29 is 13.6 Å². The van der Waals surface area contributed by atoms with Gasteiger partial charge in [0, 0.05) is 18.7 Å². The number of nitrogens with zero attached hydrogens (tertiary/aromatic N) is 1. The highest BCUT2D eigenvalue weighted by Gasteiger charge is 2.51. The molecule has 1 saturated heterocycles. The largest absolute Gasteiger partial charge is 0.405 e. The van der Waals surface area contributed by atoms with E-state index in [1.165, 1.54) is 16.8 Å². The molecular formula is C25H29FN2O4Si. The second-order valence-corrected chi connectivity index (χ2v) is 13.7. The quantitative estimate of drug-likeness (QED) is 0.565. The van der Waals surface area contributed by atoms with E-state index in [9.17, 15) is 9.59 Å². The third-order valence-corrected chi connectivity index (χ3v) is 11.2. The monoisotopic (exact) mass is 468 g/mol. The number of nitrogens with one attached hydrogen (secondary N) is 1. The molecule has 1 aliphatic rings. The highest BCUT2D eigenvalue weighted by Crippen LogP contribution is 2.38. The fraction of sp³-hybridized carbons (Fsp3) is 0.360. The predicted octanol–water partition coefficient (Wildman–Crippen LogP) is 2.74. The normalized spacial score (nSPS) is 21.3. The van der Waals surface area contributed by atoms with E-state index in [2.05, 4.69) is 50.0 Å². The predicted molar refractivity (Wildman–Crippen MR) is 128 cm³/mol. The van der Waals surface area contributed by atoms with E-state index < -0.39 is 38.1 Å². The molecule has 3 aromatic rings. The van der Waals surface area contributed by atoms with Crippen LogP contribution in [0.2, 0.25) is 5.04 Å². The molecule has 0 amide bonds. The van der Waals surface area contributed by atoms with E-state index >= 15 is 4.39 Å². The second kappa shape index (κ2) is 9.21. The average Bonchev–Trinajstić information content (AvgIpc) is 3.15. The van der Waals surface area contributed by atoms with Crippen LogP contribution in [0.15, 0.2) is 82.5 Å². The van der Waals surface area contributed by atoms with Gasteiger partial charge in [-0.25, -0.2) is 9.18 Å². The summed E-state index contributed by atoms with van der Waals surface area (Å²) in [5.74, 6) is 0. The van der Waals surface area contributed by atoms with Crippen LogP contribution < -0.4 is 21.6 Å². The molecule has 0 saturated carbocycles. The van der Waals surface area contributed by atoms with Crippen LogP contribution in [0.25, 0.3) is 0 Å². The lowest BCUT2D eigenvalue weighted by molar-refractivity contribution is -0.0323. The van der Waals surface area contributed by atoms with Gasteiger partial charge >= 0.3 is 5.69 Å². The van der Waals surface area contributed by atoms with Crippen LogP contribution in [0.3, 0.4) is 0 Å². The van der Waals surface area contributed by atoms with Crippen LogP contribution in [-0.2, 0) is 9.16 Å². The first-order chi connectivity index (χ1) is 15.7. The zero-order chi connectivity index (χ0) is 23.6. The molecular weight excluding hydrogens is 439 g/mol. The van der Waals surface area contributed by atoms with Crippen LogP contribution in [-0.4, -0.2) is 36.8 Å². The van der Waals surface area contributed by atoms with E-state index in [-0.39, 0.29) is 18.1 Å². The molecule has 0 unspecified atom stereocenters. The molecule has 1 N–H and O–H groups in total. The van der Waals surface area contributed by atoms with Gasteiger partial charge in [-0.1, -0.05) is 81.4 Å². The summed E-state index contributed by atoms with van der Waals surface area (Å²) in [5, 5.41) is 1.96. The topological polar surface area (TPSA) is 73.3 Å². The molecule has 0 bridgehead atoms. The maximum absolute atomic E-state index is 15.0. The summed E-state index contributed by atoms with van der Waals surface area (Å²) in [6, 6.07) is 21.5. The molecule has 174 valence electrons. The summed E-state index contributed by atoms with van der Waals surface area (Å²) in [6.45, 7) is 6.53. The molecule has 1 aromatic heterocycles. The van der Waals surface area contributed by atoms with Crippen molar-refractivity contribution in [3.05, 3.63) is 93.8 Å². The van der Waals surface area contributed by atoms with Crippen molar-refractivity contribution in [3.63, 3.8) is 0 Å². The standard InChI is InChI=1S/C25H29FN2O4Si/c1-25(2,3)33(18-10-6-4-7-11-18,19-12-8-5-9-13-19)31-17-21-20(26)16-23(32-21)28-15-14-22(29)27-24(28)30/h4-15,20-21,23H,16-17H2,1-3H3,(H,27,29,30)/t20-,21+,23+/m0/s1. The number of rotatable bonds is 6. The molecule has 33 heavy (non-hydrogen) atoms. The van der Waals surface area contributed by atoms with Crippen LogP contribution in [0.5, 0.6) is 0 Å². The van der Waals surface area contributed by atoms with E-state index in [0.29, 0.717) is 0 Å². The Balaban J connectivity index is 1.65. The smallest absolute Gasteiger partial charge is 0.330 e. The lowest BCUT2D eigenvalue weighted by atomic mass is 10.2. The maximum Gasteiger partial charge on any atom is 0.330 e. The summed E-state index contributed by atoms with van der Waals surface area (Å²) in [6.07, 6.45) is -1.57. The highest BCUT2D eigenvalue weighted by molar-refractivity contribution is 6.99. The summed E-state index contributed by atoms with van der Waals surface area (Å²) < 4.78 is 29.0. The molecule has 2 heterocycles. The Labute approximate surface area is 193 Å². The average molecular weight is 469 g/mol. The van der Waals surface area contributed by atoms with Crippen molar-refractivity contribution >= 4 is 18.7 Å². The van der Waals surface area contributed by atoms with E-state index in [0.717, 1.165) is 10.4 Å². The fourth-order valence-electron chi connectivity index (χ4n) is 4.63. The lowest BCUT2D eigenvalue weighted by Crippen LogP contribution is -2.67. The lowest BCUT2D eigenvalue weighted by Gasteiger charge is -2.43. The SMILES string of the molecule is CC(C)(C)[Si](OC[C@H]1O[C@@H](n2ccc(=O)[nH]c2=O)C[C@@H]1F)(c1ccccc1)c1ccccc1. The second-order valence-electron chi connectivity index (χ2n) is 9.37. The van der Waals surface area contributed by atoms with Gasteiger partial charge in [-0.05, 0) is 15.4 Å². The number of aromatic nitrogens is 2. The van der Waals surface area contributed by atoms with Crippen molar-refractivity contribution in [2.24, 2.45) is 0 Å². The minimum Gasteiger partial charge on any atom is -0.405 e. The molecule has 6 nitrogen and oxygen atoms in total. The van der Waals surface area contributed by atoms with Crippen LogP contribution in [0.1, 0.15) is 33.4 Å². The van der Waals surface area contributed by atoms with E-state index in [4.69, 9.17) is 9.16 Å². The fourth-order valence-corrected chi connectivity index (χ4v) is 9.20. The van der Waals surface area contributed by atoms with E-state index in [1.807, 2.05) is 36.4 Å². The van der Waals surface area contributed by atoms with Crippen molar-refractivity contribution in [1.82, 2.24) is 9.55 Å². The number of halogens is 1. The molecule has 4 rings (SSSR count). The number of H-pyrrole nitrogens is 1. The van der Waals surface area contributed by atoms with Gasteiger partial charge in [0.05, 0.1) is 6.61 Å². The molecule has 3 atom stereocenters. The van der Waals surface area contributed by atoms with Gasteiger partial charge in [-0.3, -0.25) is 14.3 Å². The maximum atomic E-state index is 15.0. The van der Waals surface area contributed by atoms with Gasteiger partial charge < -0.3 is 9.16 Å². The Morgan fingerprint density at radius 3 is 2.12 bits per heavy atom. The molecule has 2 aromatic carbocycles. The summed E-state index contributed by atoms with van der Waals surface area (Å²) >= 11 is 0. The van der Waals surface area contributed by atoms with Crippen molar-refractivity contribution in [2.45, 2.75) is 50.7 Å². The summed E-state index contributed by atoms with van der Waals surface area (Å²) in [4.78, 5) is 25.7. The van der Waals surface area contributed by atoms with Crippen LogP contribution >= 0.6 is 0 Å². The van der Waals surface area contributed by atoms with Gasteiger partial charge in [0.15, 0.2) is 0 Å². The molecule has 0 radical (unpaired) electrons. The Hall–Kier alpha value is -2.81. The zero-order valence-corrected chi connectivity index (χ0v) is 20.0. The third kappa shape index (κ3) is 4.51. The number of ether oxygens (including phenoxy) is 1. The Morgan fingerprint density at radius 2 is 1.61 bits per heavy atom. The van der Waals surface area contributed by atoms with Gasteiger partial charge in [0.2, 0.25) is 0 Å². The minimum atomic E-state index is -2.83. The zero-order valence-electron chi connectivity index (χ0n) is 19.0. The van der Waals surface area contributed by atoms with Crippen LogP contribution in [0.4, 0.5) is 4.39 Å². The first-order valence-corrected chi connectivity index (χ1v) is 13.0. The Morgan fingerprint density at radius 1 is 1.03 bits per heavy atom. The van der Waals surface area contributed by atoms with Gasteiger partial charge in [0.25, 0.3) is 13.9 Å². The van der Waals surface area contributed by atoms with Gasteiger partial charge in [-0.15, -0.1) is 0 Å². The third-order valence-electron chi connectivity index (χ3n) is 6.20. The molecule has 1 fully saturated rings. The van der Waals surface area contributed by atoms with Crippen molar-refractivity contribution in [1.29, 1.82) is 0 Å². The molecule has 8 heteroatoms. The molecule has 0 spiro atoms. The van der Waals surface area contributed by atoms with Gasteiger partial charge in [-0.2, -0.15) is 0 Å². The first kappa shape index (κ1) is 23.3. The highest BCUT2D eigenvalue weighted by atomic mass is 28.4. The van der Waals surface area contributed by atoms with Crippen LogP contribution in [0, 0.1) is 0 Å². The number of benzene rings is 2. The number of hydrogen-bond donors (Lipinski definition) is 1.